The molecule has 1 aromatic carbocycles. The number of ether oxygens (including phenoxy) is 1. The number of aromatic nitrogens is 3. The van der Waals surface area contributed by atoms with E-state index in [2.05, 4.69) is 14.9 Å². The fourth-order valence-electron chi connectivity index (χ4n) is 4.49. The largest absolute Gasteiger partial charge is 0.492 e. The van der Waals surface area contributed by atoms with Crippen LogP contribution in [-0.4, -0.2) is 52.4 Å². The van der Waals surface area contributed by atoms with Crippen LogP contribution in [-0.2, 0) is 0 Å². The fraction of sp³-hybridized carbons (Fsp3) is 0.450. The van der Waals surface area contributed by atoms with Gasteiger partial charge in [-0.3, -0.25) is 4.79 Å². The molecule has 4 N–H and O–H groups in total. The van der Waals surface area contributed by atoms with Crippen molar-refractivity contribution in [1.29, 1.82) is 0 Å². The number of anilines is 1. The number of fused-ring (bicyclic) bond motifs is 3. The minimum atomic E-state index is -1.23. The Kier molecular flexibility index (Phi) is 4.02. The van der Waals surface area contributed by atoms with Crippen LogP contribution in [0.4, 0.5) is 5.69 Å². The van der Waals surface area contributed by atoms with Gasteiger partial charge in [0, 0.05) is 25.3 Å². The second-order valence-corrected chi connectivity index (χ2v) is 7.88. The molecule has 0 bridgehead atoms. The van der Waals surface area contributed by atoms with Gasteiger partial charge in [-0.05, 0) is 31.7 Å². The van der Waals surface area contributed by atoms with E-state index in [1.165, 1.54) is 12.5 Å². The molecule has 152 valence electrons. The molecule has 1 saturated heterocycles. The molecule has 0 radical (unpaired) electrons. The Labute approximate surface area is 166 Å². The van der Waals surface area contributed by atoms with Crippen molar-refractivity contribution in [3.8, 4) is 5.75 Å². The maximum absolute atomic E-state index is 13.1. The molecule has 9 nitrogen and oxygen atoms in total. The Morgan fingerprint density at radius 1 is 1.41 bits per heavy atom. The van der Waals surface area contributed by atoms with Gasteiger partial charge in [0.15, 0.2) is 5.75 Å². The lowest BCUT2D eigenvalue weighted by atomic mass is 10.1. The molecule has 1 aliphatic heterocycles. The zero-order chi connectivity index (χ0) is 20.3. The number of hydrogen-bond acceptors (Lipinski definition) is 6. The molecular formula is C20H23N5O4. The van der Waals surface area contributed by atoms with Gasteiger partial charge in [-0.25, -0.2) is 9.78 Å². The maximum atomic E-state index is 13.1. The molecule has 3 aromatic rings. The van der Waals surface area contributed by atoms with Crippen LogP contribution in [0.5, 0.6) is 5.75 Å². The number of hydrogen-bond donors (Lipinski definition) is 3. The molecule has 1 saturated carbocycles. The standard InChI is InChI=1S/C20H23N5O4/c1-29-19-16-13(18(26)12(20(27)28)8-25(16)11-2-3-11)14-15(23-9-22-14)17(19)24-5-4-10(6-21)7-24/h8-11H,2-7,21H2,1H3,(H,22,23)(H,27,28). The van der Waals surface area contributed by atoms with Crippen LogP contribution < -0.4 is 20.8 Å². The van der Waals surface area contributed by atoms with Gasteiger partial charge in [0.2, 0.25) is 5.43 Å². The Hall–Kier alpha value is -3.07. The molecule has 2 aliphatic rings. The lowest BCUT2D eigenvalue weighted by molar-refractivity contribution is 0.0695. The number of aromatic carboxylic acids is 1. The van der Waals surface area contributed by atoms with E-state index < -0.39 is 11.4 Å². The highest BCUT2D eigenvalue weighted by atomic mass is 16.5. The molecule has 3 heterocycles. The average molecular weight is 397 g/mol. The van der Waals surface area contributed by atoms with Crippen molar-refractivity contribution in [3.05, 3.63) is 28.3 Å². The molecule has 1 unspecified atom stereocenters. The van der Waals surface area contributed by atoms with Gasteiger partial charge >= 0.3 is 5.97 Å². The van der Waals surface area contributed by atoms with E-state index in [1.54, 1.807) is 7.11 Å². The lowest BCUT2D eigenvalue weighted by Crippen LogP contribution is -2.25. The minimum absolute atomic E-state index is 0.157. The van der Waals surface area contributed by atoms with Crippen LogP contribution in [0.25, 0.3) is 21.9 Å². The molecule has 29 heavy (non-hydrogen) atoms. The van der Waals surface area contributed by atoms with E-state index in [0.717, 1.165) is 38.0 Å². The monoisotopic (exact) mass is 397 g/mol. The quantitative estimate of drug-likeness (QED) is 0.598. The second-order valence-electron chi connectivity index (χ2n) is 7.88. The van der Waals surface area contributed by atoms with Crippen LogP contribution in [0.2, 0.25) is 0 Å². The van der Waals surface area contributed by atoms with Gasteiger partial charge in [-0.1, -0.05) is 0 Å². The summed E-state index contributed by atoms with van der Waals surface area (Å²) in [6, 6.07) is 0.157. The zero-order valence-electron chi connectivity index (χ0n) is 16.1. The fourth-order valence-corrected chi connectivity index (χ4v) is 4.49. The number of carboxylic acids is 1. The topological polar surface area (TPSA) is 126 Å². The van der Waals surface area contributed by atoms with Crippen LogP contribution in [0.3, 0.4) is 0 Å². The predicted molar refractivity (Wildman–Crippen MR) is 109 cm³/mol. The molecule has 1 aliphatic carbocycles. The first-order valence-corrected chi connectivity index (χ1v) is 9.85. The van der Waals surface area contributed by atoms with Crippen molar-refractivity contribution in [2.75, 3.05) is 31.6 Å². The van der Waals surface area contributed by atoms with Gasteiger partial charge < -0.3 is 30.0 Å². The average Bonchev–Trinajstić information content (AvgIpc) is 3.25. The van der Waals surface area contributed by atoms with Crippen molar-refractivity contribution >= 4 is 33.6 Å². The normalized spacial score (nSPS) is 19.4. The Balaban J connectivity index is 1.91. The highest BCUT2D eigenvalue weighted by molar-refractivity contribution is 6.14. The van der Waals surface area contributed by atoms with Crippen LogP contribution in [0, 0.1) is 5.92 Å². The predicted octanol–water partition coefficient (Wildman–Crippen LogP) is 1.70. The summed E-state index contributed by atoms with van der Waals surface area (Å²) >= 11 is 0. The highest BCUT2D eigenvalue weighted by Crippen LogP contribution is 2.46. The van der Waals surface area contributed by atoms with Crippen molar-refractivity contribution in [2.45, 2.75) is 25.3 Å². The maximum Gasteiger partial charge on any atom is 0.341 e. The SMILES string of the molecule is COc1c(N2CCC(CN)C2)c2[nH]cnc2c2c(=O)c(C(=O)O)cn(C3CC3)c12. The van der Waals surface area contributed by atoms with Crippen LogP contribution >= 0.6 is 0 Å². The van der Waals surface area contributed by atoms with Crippen molar-refractivity contribution < 1.29 is 14.6 Å². The molecule has 2 aromatic heterocycles. The van der Waals surface area contributed by atoms with Gasteiger partial charge in [-0.15, -0.1) is 0 Å². The van der Waals surface area contributed by atoms with Gasteiger partial charge in [0.1, 0.15) is 16.8 Å². The third-order valence-corrected chi connectivity index (χ3v) is 6.09. The lowest BCUT2D eigenvalue weighted by Gasteiger charge is -2.25. The summed E-state index contributed by atoms with van der Waals surface area (Å²) in [4.78, 5) is 34.7. The van der Waals surface area contributed by atoms with Gasteiger partial charge in [-0.2, -0.15) is 0 Å². The third-order valence-electron chi connectivity index (χ3n) is 6.09. The van der Waals surface area contributed by atoms with E-state index in [4.69, 9.17) is 10.5 Å². The summed E-state index contributed by atoms with van der Waals surface area (Å²) in [5.74, 6) is -0.257. The summed E-state index contributed by atoms with van der Waals surface area (Å²) in [6.45, 7) is 2.25. The van der Waals surface area contributed by atoms with Crippen LogP contribution in [0.15, 0.2) is 17.3 Å². The number of benzene rings is 1. The number of H-pyrrole nitrogens is 1. The van der Waals surface area contributed by atoms with E-state index in [-0.39, 0.29) is 11.6 Å². The number of carbonyl (C=O) groups is 1. The first-order valence-electron chi connectivity index (χ1n) is 9.85. The van der Waals surface area contributed by atoms with E-state index in [1.807, 2.05) is 4.57 Å². The number of imidazole rings is 1. The van der Waals surface area contributed by atoms with Gasteiger partial charge in [0.05, 0.1) is 29.9 Å². The number of pyridine rings is 1. The molecule has 0 spiro atoms. The molecule has 5 rings (SSSR count). The molecule has 1 atom stereocenters. The Morgan fingerprint density at radius 3 is 2.83 bits per heavy atom. The second kappa shape index (κ2) is 6.48. The zero-order valence-corrected chi connectivity index (χ0v) is 16.1. The molecule has 0 amide bonds. The van der Waals surface area contributed by atoms with Gasteiger partial charge in [0.25, 0.3) is 0 Å². The molecule has 2 fully saturated rings. The molecular weight excluding hydrogens is 374 g/mol. The minimum Gasteiger partial charge on any atom is -0.492 e. The number of nitrogens with two attached hydrogens (primary N) is 1. The number of rotatable bonds is 5. The van der Waals surface area contributed by atoms with Crippen molar-refractivity contribution in [3.63, 3.8) is 0 Å². The third kappa shape index (κ3) is 2.61. The summed E-state index contributed by atoms with van der Waals surface area (Å²) in [6.07, 6.45) is 5.86. The highest BCUT2D eigenvalue weighted by Gasteiger charge is 2.33. The van der Waals surface area contributed by atoms with E-state index in [0.29, 0.717) is 40.1 Å². The first kappa shape index (κ1) is 18.0. The van der Waals surface area contributed by atoms with Crippen molar-refractivity contribution in [1.82, 2.24) is 14.5 Å². The van der Waals surface area contributed by atoms with Crippen molar-refractivity contribution in [2.24, 2.45) is 11.7 Å². The smallest absolute Gasteiger partial charge is 0.341 e. The van der Waals surface area contributed by atoms with Crippen LogP contribution in [0.1, 0.15) is 35.7 Å². The Bertz CT molecular complexity index is 1190. The number of carboxylic acid groups (broad SMARTS) is 1. The first-order chi connectivity index (χ1) is 14.0. The van der Waals surface area contributed by atoms with E-state index in [9.17, 15) is 14.7 Å². The number of methoxy groups -OCH3 is 1. The summed E-state index contributed by atoms with van der Waals surface area (Å²) in [5.41, 5.74) is 7.76. The Morgan fingerprint density at radius 2 is 2.21 bits per heavy atom. The van der Waals surface area contributed by atoms with E-state index >= 15 is 0 Å². The molecule has 9 heteroatoms. The summed E-state index contributed by atoms with van der Waals surface area (Å²) < 4.78 is 7.76. The number of nitrogens with one attached hydrogen (secondary N) is 1. The number of nitrogens with zero attached hydrogens (tertiary/aromatic N) is 3. The summed E-state index contributed by atoms with van der Waals surface area (Å²) in [5, 5.41) is 9.89. The summed E-state index contributed by atoms with van der Waals surface area (Å²) in [7, 11) is 1.59. The number of aromatic amines is 1.